The molecule has 1 fully saturated rings. The van der Waals surface area contributed by atoms with E-state index < -0.39 is 5.97 Å². The molecular formula is C15H20N2O4. The van der Waals surface area contributed by atoms with Crippen LogP contribution in [0.3, 0.4) is 0 Å². The Balaban J connectivity index is 1.85. The maximum Gasteiger partial charge on any atom is 0.319 e. The summed E-state index contributed by atoms with van der Waals surface area (Å²) in [6.45, 7) is 2.46. The van der Waals surface area contributed by atoms with Crippen LogP contribution in [0.1, 0.15) is 26.2 Å². The van der Waals surface area contributed by atoms with Gasteiger partial charge in [-0.1, -0.05) is 6.07 Å². The molecule has 1 aromatic rings. The zero-order valence-corrected chi connectivity index (χ0v) is 12.0. The predicted molar refractivity (Wildman–Crippen MR) is 78.5 cm³/mol. The van der Waals surface area contributed by atoms with Crippen molar-refractivity contribution >= 4 is 17.7 Å². The Morgan fingerprint density at radius 2 is 2.19 bits per heavy atom. The SMILES string of the molecule is CCOc1cccc(NC(=O)NC2CCC(C(=O)O)C2)c1. The molecule has 1 aromatic carbocycles. The van der Waals surface area contributed by atoms with Crippen molar-refractivity contribution in [3.05, 3.63) is 24.3 Å². The van der Waals surface area contributed by atoms with Crippen molar-refractivity contribution in [2.75, 3.05) is 11.9 Å². The Bertz CT molecular complexity index is 518. The number of carbonyl (C=O) groups excluding carboxylic acids is 1. The molecule has 0 heterocycles. The van der Waals surface area contributed by atoms with Crippen LogP contribution in [0.15, 0.2) is 24.3 Å². The maximum absolute atomic E-state index is 11.9. The second-order valence-corrected chi connectivity index (χ2v) is 5.10. The Kier molecular flexibility index (Phi) is 5.03. The van der Waals surface area contributed by atoms with Crippen molar-refractivity contribution < 1.29 is 19.4 Å². The van der Waals surface area contributed by atoms with Crippen LogP contribution in [0.5, 0.6) is 5.75 Å². The smallest absolute Gasteiger partial charge is 0.319 e. The van der Waals surface area contributed by atoms with Gasteiger partial charge in [0.1, 0.15) is 5.75 Å². The van der Waals surface area contributed by atoms with Crippen molar-refractivity contribution in [3.8, 4) is 5.75 Å². The number of rotatable bonds is 5. The van der Waals surface area contributed by atoms with Gasteiger partial charge in [0.25, 0.3) is 0 Å². The number of carboxylic acid groups (broad SMARTS) is 1. The quantitative estimate of drug-likeness (QED) is 0.778. The molecule has 0 bridgehead atoms. The summed E-state index contributed by atoms with van der Waals surface area (Å²) in [6.07, 6.45) is 1.80. The number of carboxylic acids is 1. The Morgan fingerprint density at radius 1 is 1.38 bits per heavy atom. The van der Waals surface area contributed by atoms with Gasteiger partial charge in [0.2, 0.25) is 0 Å². The number of anilines is 1. The molecule has 2 atom stereocenters. The highest BCUT2D eigenvalue weighted by atomic mass is 16.5. The van der Waals surface area contributed by atoms with Crippen molar-refractivity contribution in [3.63, 3.8) is 0 Å². The number of nitrogens with one attached hydrogen (secondary N) is 2. The Morgan fingerprint density at radius 3 is 2.86 bits per heavy atom. The van der Waals surface area contributed by atoms with E-state index >= 15 is 0 Å². The summed E-state index contributed by atoms with van der Waals surface area (Å²) >= 11 is 0. The number of amides is 2. The molecule has 2 amide bonds. The first-order chi connectivity index (χ1) is 10.1. The molecule has 0 aromatic heterocycles. The average Bonchev–Trinajstić information content (AvgIpc) is 2.88. The highest BCUT2D eigenvalue weighted by Crippen LogP contribution is 2.25. The molecule has 0 saturated heterocycles. The van der Waals surface area contributed by atoms with Crippen molar-refractivity contribution in [2.24, 2.45) is 5.92 Å². The molecule has 6 nitrogen and oxygen atoms in total. The predicted octanol–water partition coefficient (Wildman–Crippen LogP) is 2.46. The number of carbonyl (C=O) groups is 2. The molecule has 1 saturated carbocycles. The van der Waals surface area contributed by atoms with Gasteiger partial charge < -0.3 is 20.5 Å². The van der Waals surface area contributed by atoms with Crippen LogP contribution in [0.4, 0.5) is 10.5 Å². The summed E-state index contributed by atoms with van der Waals surface area (Å²) in [5.74, 6) is -0.442. The van der Waals surface area contributed by atoms with Crippen molar-refractivity contribution in [1.29, 1.82) is 0 Å². The molecule has 2 rings (SSSR count). The van der Waals surface area contributed by atoms with Crippen LogP contribution < -0.4 is 15.4 Å². The number of benzene rings is 1. The molecule has 0 radical (unpaired) electrons. The van der Waals surface area contributed by atoms with Gasteiger partial charge in [-0.3, -0.25) is 4.79 Å². The Labute approximate surface area is 123 Å². The minimum Gasteiger partial charge on any atom is -0.494 e. The van der Waals surface area contributed by atoms with Gasteiger partial charge in [0, 0.05) is 17.8 Å². The van der Waals surface area contributed by atoms with Gasteiger partial charge in [0.15, 0.2) is 0 Å². The van der Waals surface area contributed by atoms with E-state index in [-0.39, 0.29) is 18.0 Å². The summed E-state index contributed by atoms with van der Waals surface area (Å²) in [7, 11) is 0. The standard InChI is InChI=1S/C15H20N2O4/c1-2-21-13-5-3-4-11(9-13)16-15(20)17-12-7-6-10(8-12)14(18)19/h3-5,9-10,12H,2,6-8H2,1H3,(H,18,19)(H2,16,17,20). The fourth-order valence-electron chi connectivity index (χ4n) is 2.52. The van der Waals surface area contributed by atoms with E-state index in [9.17, 15) is 9.59 Å². The number of hydrogen-bond acceptors (Lipinski definition) is 3. The van der Waals surface area contributed by atoms with Crippen LogP contribution in [-0.4, -0.2) is 29.8 Å². The largest absolute Gasteiger partial charge is 0.494 e. The van der Waals surface area contributed by atoms with Crippen LogP contribution in [0.2, 0.25) is 0 Å². The van der Waals surface area contributed by atoms with Crippen LogP contribution in [0, 0.1) is 5.92 Å². The minimum atomic E-state index is -0.788. The van der Waals surface area contributed by atoms with E-state index in [1.165, 1.54) is 0 Å². The third-order valence-corrected chi connectivity index (χ3v) is 3.52. The van der Waals surface area contributed by atoms with E-state index in [2.05, 4.69) is 10.6 Å². The minimum absolute atomic E-state index is 0.0822. The molecule has 0 aliphatic heterocycles. The molecule has 0 spiro atoms. The molecule has 21 heavy (non-hydrogen) atoms. The number of ether oxygens (including phenoxy) is 1. The monoisotopic (exact) mass is 292 g/mol. The Hall–Kier alpha value is -2.24. The maximum atomic E-state index is 11.9. The zero-order chi connectivity index (χ0) is 15.2. The molecule has 114 valence electrons. The first-order valence-electron chi connectivity index (χ1n) is 7.11. The fourth-order valence-corrected chi connectivity index (χ4v) is 2.52. The lowest BCUT2D eigenvalue weighted by Gasteiger charge is -2.14. The lowest BCUT2D eigenvalue weighted by Crippen LogP contribution is -2.36. The van der Waals surface area contributed by atoms with E-state index in [1.807, 2.05) is 13.0 Å². The third-order valence-electron chi connectivity index (χ3n) is 3.52. The van der Waals surface area contributed by atoms with E-state index in [4.69, 9.17) is 9.84 Å². The molecule has 3 N–H and O–H groups in total. The number of aliphatic carboxylic acids is 1. The second-order valence-electron chi connectivity index (χ2n) is 5.10. The van der Waals surface area contributed by atoms with Gasteiger partial charge in [-0.25, -0.2) is 4.79 Å². The van der Waals surface area contributed by atoms with Crippen molar-refractivity contribution in [2.45, 2.75) is 32.2 Å². The normalized spacial score (nSPS) is 20.8. The topological polar surface area (TPSA) is 87.7 Å². The van der Waals surface area contributed by atoms with Gasteiger partial charge in [-0.05, 0) is 38.3 Å². The van der Waals surface area contributed by atoms with Gasteiger partial charge in [0.05, 0.1) is 12.5 Å². The highest BCUT2D eigenvalue weighted by Gasteiger charge is 2.30. The van der Waals surface area contributed by atoms with Gasteiger partial charge >= 0.3 is 12.0 Å². The van der Waals surface area contributed by atoms with E-state index in [0.717, 1.165) is 0 Å². The average molecular weight is 292 g/mol. The molecular weight excluding hydrogens is 272 g/mol. The molecule has 6 heteroatoms. The lowest BCUT2D eigenvalue weighted by molar-refractivity contribution is -0.141. The summed E-state index contributed by atoms with van der Waals surface area (Å²) in [5.41, 5.74) is 0.645. The number of hydrogen-bond donors (Lipinski definition) is 3. The van der Waals surface area contributed by atoms with Crippen molar-refractivity contribution in [1.82, 2.24) is 5.32 Å². The summed E-state index contributed by atoms with van der Waals surface area (Å²) in [4.78, 5) is 22.8. The van der Waals surface area contributed by atoms with Crippen LogP contribution in [-0.2, 0) is 4.79 Å². The first kappa shape index (κ1) is 15.2. The summed E-state index contributed by atoms with van der Waals surface area (Å²) in [5, 5.41) is 14.5. The summed E-state index contributed by atoms with van der Waals surface area (Å²) in [6, 6.07) is 6.74. The molecule has 1 aliphatic carbocycles. The molecule has 2 unspecified atom stereocenters. The van der Waals surface area contributed by atoms with Crippen LogP contribution >= 0.6 is 0 Å². The molecule has 1 aliphatic rings. The second kappa shape index (κ2) is 6.97. The lowest BCUT2D eigenvalue weighted by atomic mass is 10.1. The highest BCUT2D eigenvalue weighted by molar-refractivity contribution is 5.89. The van der Waals surface area contributed by atoms with E-state index in [1.54, 1.807) is 18.2 Å². The van der Waals surface area contributed by atoms with E-state index in [0.29, 0.717) is 37.3 Å². The van der Waals surface area contributed by atoms with Gasteiger partial charge in [-0.2, -0.15) is 0 Å². The number of urea groups is 1. The van der Waals surface area contributed by atoms with Crippen LogP contribution in [0.25, 0.3) is 0 Å². The van der Waals surface area contributed by atoms with Gasteiger partial charge in [-0.15, -0.1) is 0 Å². The summed E-state index contributed by atoms with van der Waals surface area (Å²) < 4.78 is 5.36. The first-order valence-corrected chi connectivity index (χ1v) is 7.11. The third kappa shape index (κ3) is 4.37. The zero-order valence-electron chi connectivity index (χ0n) is 12.0. The fraction of sp³-hybridized carbons (Fsp3) is 0.467.